The van der Waals surface area contributed by atoms with Crippen LogP contribution in [0.15, 0.2) is 24.8 Å². The van der Waals surface area contributed by atoms with Gasteiger partial charge in [-0.05, 0) is 11.1 Å². The first kappa shape index (κ1) is 11.3. The molecule has 0 bridgehead atoms. The molecule has 80 valence electrons. The normalized spacial score (nSPS) is 9.93. The van der Waals surface area contributed by atoms with E-state index in [1.54, 1.807) is 18.2 Å². The van der Waals surface area contributed by atoms with Crippen LogP contribution in [-0.2, 0) is 17.8 Å². The smallest absolute Gasteiger partial charge is 0.307 e. The first-order valence-corrected chi connectivity index (χ1v) is 4.37. The largest absolute Gasteiger partial charge is 0.508 e. The molecule has 0 saturated carbocycles. The van der Waals surface area contributed by atoms with Crippen LogP contribution in [0.25, 0.3) is 5.76 Å². The zero-order valence-corrected chi connectivity index (χ0v) is 8.10. The lowest BCUT2D eigenvalue weighted by Gasteiger charge is -2.08. The van der Waals surface area contributed by atoms with Gasteiger partial charge in [-0.15, -0.1) is 0 Å². The van der Waals surface area contributed by atoms with E-state index in [-0.39, 0.29) is 18.8 Å². The zero-order valence-electron chi connectivity index (χ0n) is 8.10. The number of aliphatic carboxylic acids is 1. The number of carboxylic acids is 1. The minimum atomic E-state index is -0.993. The van der Waals surface area contributed by atoms with Gasteiger partial charge in [0.05, 0.1) is 13.0 Å². The van der Waals surface area contributed by atoms with Gasteiger partial charge >= 0.3 is 5.97 Å². The standard InChI is InChI=1S/C11H12O4/c1-7(13)10-3-2-8(6-12)4-9(10)5-11(14)15/h2-4,12-13H,1,5-6H2,(H,14,15). The topological polar surface area (TPSA) is 77.8 Å². The van der Waals surface area contributed by atoms with Crippen molar-refractivity contribution in [1.82, 2.24) is 0 Å². The van der Waals surface area contributed by atoms with Crippen LogP contribution in [0.2, 0.25) is 0 Å². The van der Waals surface area contributed by atoms with Gasteiger partial charge in [-0.2, -0.15) is 0 Å². The molecule has 3 N–H and O–H groups in total. The summed E-state index contributed by atoms with van der Waals surface area (Å²) in [5.41, 5.74) is 1.45. The van der Waals surface area contributed by atoms with Crippen molar-refractivity contribution in [2.75, 3.05) is 0 Å². The van der Waals surface area contributed by atoms with Crippen LogP contribution in [0.5, 0.6) is 0 Å². The molecule has 1 rings (SSSR count). The summed E-state index contributed by atoms with van der Waals surface area (Å²) in [5.74, 6) is -1.16. The highest BCUT2D eigenvalue weighted by molar-refractivity contribution is 5.73. The van der Waals surface area contributed by atoms with Gasteiger partial charge in [-0.3, -0.25) is 4.79 Å². The third-order valence-corrected chi connectivity index (χ3v) is 2.00. The van der Waals surface area contributed by atoms with E-state index in [1.165, 1.54) is 0 Å². The van der Waals surface area contributed by atoms with Crippen molar-refractivity contribution < 1.29 is 20.1 Å². The molecular formula is C11H12O4. The summed E-state index contributed by atoms with van der Waals surface area (Å²) in [6.07, 6.45) is -0.206. The van der Waals surface area contributed by atoms with Gasteiger partial charge in [0.25, 0.3) is 0 Å². The fraction of sp³-hybridized carbons (Fsp3) is 0.182. The van der Waals surface area contributed by atoms with E-state index in [1.807, 2.05) is 0 Å². The van der Waals surface area contributed by atoms with Gasteiger partial charge in [0.15, 0.2) is 0 Å². The zero-order chi connectivity index (χ0) is 11.4. The van der Waals surface area contributed by atoms with Crippen molar-refractivity contribution in [1.29, 1.82) is 0 Å². The van der Waals surface area contributed by atoms with E-state index in [0.29, 0.717) is 16.7 Å². The van der Waals surface area contributed by atoms with Gasteiger partial charge in [0.2, 0.25) is 0 Å². The minimum Gasteiger partial charge on any atom is -0.508 e. The number of carboxylic acid groups (broad SMARTS) is 1. The maximum Gasteiger partial charge on any atom is 0.307 e. The summed E-state index contributed by atoms with van der Waals surface area (Å²) >= 11 is 0. The van der Waals surface area contributed by atoms with E-state index in [4.69, 9.17) is 10.2 Å². The Balaban J connectivity index is 3.16. The molecule has 0 radical (unpaired) electrons. The second kappa shape index (κ2) is 4.61. The van der Waals surface area contributed by atoms with Crippen molar-refractivity contribution in [2.45, 2.75) is 13.0 Å². The Labute approximate surface area is 87.1 Å². The number of carbonyl (C=O) groups is 1. The molecule has 4 nitrogen and oxygen atoms in total. The van der Waals surface area contributed by atoms with E-state index in [0.717, 1.165) is 0 Å². The molecule has 0 saturated heterocycles. The Kier molecular flexibility index (Phi) is 3.46. The molecule has 1 aromatic rings. The summed E-state index contributed by atoms with van der Waals surface area (Å²) in [6, 6.07) is 4.71. The quantitative estimate of drug-likeness (QED) is 0.652. The predicted octanol–water partition coefficient (Wildman–Crippen LogP) is 1.33. The molecule has 0 amide bonds. The van der Waals surface area contributed by atoms with Crippen LogP contribution in [0.1, 0.15) is 16.7 Å². The SMILES string of the molecule is C=C(O)c1ccc(CO)cc1CC(=O)O. The van der Waals surface area contributed by atoms with Crippen molar-refractivity contribution in [3.05, 3.63) is 41.5 Å². The number of benzene rings is 1. The molecule has 0 aliphatic rings. The minimum absolute atomic E-state index is 0.162. The number of aliphatic hydroxyl groups is 2. The molecule has 1 aromatic carbocycles. The molecule has 15 heavy (non-hydrogen) atoms. The first-order chi connectivity index (χ1) is 7.04. The lowest BCUT2D eigenvalue weighted by molar-refractivity contribution is -0.136. The Hall–Kier alpha value is -1.81. The molecule has 4 heteroatoms. The van der Waals surface area contributed by atoms with Crippen LogP contribution >= 0.6 is 0 Å². The fourth-order valence-electron chi connectivity index (χ4n) is 1.34. The number of aliphatic hydroxyl groups excluding tert-OH is 2. The maximum atomic E-state index is 10.6. The highest BCUT2D eigenvalue weighted by Gasteiger charge is 2.09. The Morgan fingerprint density at radius 2 is 2.00 bits per heavy atom. The van der Waals surface area contributed by atoms with Gasteiger partial charge in [0.1, 0.15) is 5.76 Å². The molecule has 0 aliphatic carbocycles. The summed E-state index contributed by atoms with van der Waals surface area (Å²) in [7, 11) is 0. The van der Waals surface area contributed by atoms with Crippen LogP contribution in [0, 0.1) is 0 Å². The highest BCUT2D eigenvalue weighted by atomic mass is 16.4. The lowest BCUT2D eigenvalue weighted by atomic mass is 10.0. The van der Waals surface area contributed by atoms with Gasteiger partial charge in [0, 0.05) is 5.56 Å². The average molecular weight is 208 g/mol. The van der Waals surface area contributed by atoms with Crippen LogP contribution in [-0.4, -0.2) is 21.3 Å². The number of hydrogen-bond donors (Lipinski definition) is 3. The average Bonchev–Trinajstić information content (AvgIpc) is 2.16. The summed E-state index contributed by atoms with van der Waals surface area (Å²) < 4.78 is 0. The number of hydrogen-bond acceptors (Lipinski definition) is 3. The molecule has 0 spiro atoms. The monoisotopic (exact) mass is 208 g/mol. The first-order valence-electron chi connectivity index (χ1n) is 4.37. The van der Waals surface area contributed by atoms with Crippen molar-refractivity contribution in [3.8, 4) is 0 Å². The van der Waals surface area contributed by atoms with Gasteiger partial charge < -0.3 is 15.3 Å². The molecule has 0 aliphatic heterocycles. The van der Waals surface area contributed by atoms with E-state index >= 15 is 0 Å². The molecular weight excluding hydrogens is 196 g/mol. The van der Waals surface area contributed by atoms with Crippen molar-refractivity contribution in [3.63, 3.8) is 0 Å². The van der Waals surface area contributed by atoms with E-state index in [2.05, 4.69) is 6.58 Å². The summed E-state index contributed by atoms with van der Waals surface area (Å²) in [5, 5.41) is 26.8. The predicted molar refractivity (Wildman–Crippen MR) is 55.4 cm³/mol. The number of rotatable bonds is 4. The van der Waals surface area contributed by atoms with Crippen molar-refractivity contribution >= 4 is 11.7 Å². The van der Waals surface area contributed by atoms with Gasteiger partial charge in [-0.25, -0.2) is 0 Å². The van der Waals surface area contributed by atoms with Crippen LogP contribution < -0.4 is 0 Å². The second-order valence-electron chi connectivity index (χ2n) is 3.17. The van der Waals surface area contributed by atoms with Crippen LogP contribution in [0.3, 0.4) is 0 Å². The maximum absolute atomic E-state index is 10.6. The van der Waals surface area contributed by atoms with Crippen LogP contribution in [0.4, 0.5) is 0 Å². The summed E-state index contributed by atoms with van der Waals surface area (Å²) in [6.45, 7) is 3.19. The Morgan fingerprint density at radius 3 is 2.47 bits per heavy atom. The third kappa shape index (κ3) is 2.82. The fourth-order valence-corrected chi connectivity index (χ4v) is 1.34. The van der Waals surface area contributed by atoms with Gasteiger partial charge in [-0.1, -0.05) is 24.8 Å². The Morgan fingerprint density at radius 1 is 1.33 bits per heavy atom. The molecule has 0 aromatic heterocycles. The molecule has 0 atom stereocenters. The highest BCUT2D eigenvalue weighted by Crippen LogP contribution is 2.18. The molecule has 0 heterocycles. The summed E-state index contributed by atoms with van der Waals surface area (Å²) in [4.78, 5) is 10.6. The van der Waals surface area contributed by atoms with E-state index in [9.17, 15) is 9.90 Å². The third-order valence-electron chi connectivity index (χ3n) is 2.00. The van der Waals surface area contributed by atoms with E-state index < -0.39 is 5.97 Å². The Bertz CT molecular complexity index is 396. The lowest BCUT2D eigenvalue weighted by Crippen LogP contribution is -2.04. The van der Waals surface area contributed by atoms with Crippen molar-refractivity contribution in [2.24, 2.45) is 0 Å². The molecule has 0 unspecified atom stereocenters. The molecule has 0 fully saturated rings. The second-order valence-corrected chi connectivity index (χ2v) is 3.17.